The van der Waals surface area contributed by atoms with Crippen LogP contribution in [0.15, 0.2) is 0 Å². The molecule has 0 rings (SSSR count). The third-order valence-corrected chi connectivity index (χ3v) is 2.02. The zero-order chi connectivity index (χ0) is 11.7. The second-order valence-electron chi connectivity index (χ2n) is 3.13. The lowest BCUT2D eigenvalue weighted by Crippen LogP contribution is -2.43. The summed E-state index contributed by atoms with van der Waals surface area (Å²) in [7, 11) is 0. The Morgan fingerprint density at radius 3 is 2.40 bits per heavy atom. The Bertz CT molecular complexity index is 203. The van der Waals surface area contributed by atoms with Gasteiger partial charge in [-0.1, -0.05) is 13.3 Å². The van der Waals surface area contributed by atoms with E-state index < -0.39 is 0 Å². The molecule has 2 amide bonds. The van der Waals surface area contributed by atoms with Gasteiger partial charge >= 0.3 is 6.03 Å². The third-order valence-electron chi connectivity index (χ3n) is 2.02. The quantitative estimate of drug-likeness (QED) is 0.417. The van der Waals surface area contributed by atoms with Crippen molar-refractivity contribution in [1.82, 2.24) is 10.2 Å². The Morgan fingerprint density at radius 1 is 1.33 bits per heavy atom. The van der Waals surface area contributed by atoms with Crippen LogP contribution < -0.4 is 5.32 Å². The molecule has 88 valence electrons. The number of rotatable bonds is 5. The van der Waals surface area contributed by atoms with E-state index in [9.17, 15) is 4.79 Å². The van der Waals surface area contributed by atoms with Gasteiger partial charge in [0.05, 0.1) is 6.61 Å². The van der Waals surface area contributed by atoms with Crippen LogP contribution in [0.1, 0.15) is 33.6 Å². The zero-order valence-corrected chi connectivity index (χ0v) is 9.80. The van der Waals surface area contributed by atoms with Crippen LogP contribution >= 0.6 is 0 Å². The predicted molar refractivity (Wildman–Crippen MR) is 60.0 cm³/mol. The van der Waals surface area contributed by atoms with E-state index in [0.29, 0.717) is 19.7 Å². The Morgan fingerprint density at radius 2 is 1.93 bits per heavy atom. The molecule has 0 aromatic heterocycles. The van der Waals surface area contributed by atoms with Crippen molar-refractivity contribution in [3.05, 3.63) is 0 Å². The van der Waals surface area contributed by atoms with Crippen molar-refractivity contribution in [2.75, 3.05) is 19.7 Å². The van der Waals surface area contributed by atoms with E-state index in [-0.39, 0.29) is 12.1 Å². The van der Waals surface area contributed by atoms with E-state index in [2.05, 4.69) is 5.32 Å². The topological polar surface area (TPSA) is 65.4 Å². The Labute approximate surface area is 91.3 Å². The summed E-state index contributed by atoms with van der Waals surface area (Å²) in [4.78, 5) is 13.0. The second-order valence-corrected chi connectivity index (χ2v) is 3.13. The largest absolute Gasteiger partial charge is 0.465 e. The van der Waals surface area contributed by atoms with E-state index in [1.54, 1.807) is 4.90 Å². The van der Waals surface area contributed by atoms with E-state index in [1.807, 2.05) is 20.8 Å². The lowest BCUT2D eigenvalue weighted by Gasteiger charge is -2.19. The van der Waals surface area contributed by atoms with Crippen LogP contribution in [0.3, 0.4) is 0 Å². The summed E-state index contributed by atoms with van der Waals surface area (Å²) < 4.78 is 5.02. The first kappa shape index (κ1) is 13.7. The van der Waals surface area contributed by atoms with Gasteiger partial charge < -0.3 is 9.64 Å². The van der Waals surface area contributed by atoms with Crippen molar-refractivity contribution in [2.24, 2.45) is 0 Å². The van der Waals surface area contributed by atoms with Gasteiger partial charge in [0, 0.05) is 13.1 Å². The maximum absolute atomic E-state index is 11.4. The molecule has 0 aromatic carbocycles. The van der Waals surface area contributed by atoms with Crippen LogP contribution in [0.4, 0.5) is 4.79 Å². The van der Waals surface area contributed by atoms with Crippen molar-refractivity contribution < 1.29 is 9.53 Å². The molecule has 0 unspecified atom stereocenters. The normalized spacial score (nSPS) is 9.53. The fourth-order valence-electron chi connectivity index (χ4n) is 1.04. The maximum atomic E-state index is 11.4. The van der Waals surface area contributed by atoms with E-state index in [4.69, 9.17) is 10.1 Å². The van der Waals surface area contributed by atoms with Gasteiger partial charge in [-0.3, -0.25) is 10.7 Å². The molecule has 0 atom stereocenters. The van der Waals surface area contributed by atoms with Crippen LogP contribution in [-0.2, 0) is 4.74 Å². The fourth-order valence-corrected chi connectivity index (χ4v) is 1.04. The highest BCUT2D eigenvalue weighted by Gasteiger charge is 2.10. The van der Waals surface area contributed by atoms with Gasteiger partial charge in [0.15, 0.2) is 0 Å². The molecule has 0 aliphatic rings. The molecule has 5 heteroatoms. The van der Waals surface area contributed by atoms with Crippen LogP contribution in [0.5, 0.6) is 0 Å². The monoisotopic (exact) mass is 215 g/mol. The maximum Gasteiger partial charge on any atom is 0.325 e. The van der Waals surface area contributed by atoms with Gasteiger partial charge in [-0.05, 0) is 20.3 Å². The summed E-state index contributed by atoms with van der Waals surface area (Å²) in [6.07, 6.45) is 1.90. The number of nitrogens with zero attached hydrogens (tertiary/aromatic N) is 1. The first-order chi connectivity index (χ1) is 7.15. The summed E-state index contributed by atoms with van der Waals surface area (Å²) in [6, 6.07) is -0.443. The number of amides is 2. The molecule has 15 heavy (non-hydrogen) atoms. The second kappa shape index (κ2) is 8.08. The van der Waals surface area contributed by atoms with Crippen molar-refractivity contribution >= 4 is 12.1 Å². The minimum absolute atomic E-state index is 0.166. The molecular weight excluding hydrogens is 194 g/mol. The molecule has 0 fully saturated rings. The Hall–Kier alpha value is -1.26. The predicted octanol–water partition coefficient (Wildman–Crippen LogP) is 1.79. The number of amidine groups is 1. The zero-order valence-electron chi connectivity index (χ0n) is 9.80. The molecule has 0 aliphatic heterocycles. The van der Waals surface area contributed by atoms with Crippen LogP contribution in [0, 0.1) is 5.41 Å². The Balaban J connectivity index is 3.80. The van der Waals surface area contributed by atoms with Crippen molar-refractivity contribution in [2.45, 2.75) is 33.6 Å². The number of ether oxygens (including phenoxy) is 1. The number of carbonyl (C=O) groups excluding carboxylic acids is 1. The molecule has 0 radical (unpaired) electrons. The number of unbranched alkanes of at least 4 members (excludes halogenated alkanes) is 1. The summed E-state index contributed by atoms with van der Waals surface area (Å²) in [5.74, 6) is 0. The van der Waals surface area contributed by atoms with Crippen molar-refractivity contribution in [3.8, 4) is 0 Å². The number of carbonyl (C=O) groups is 1. The van der Waals surface area contributed by atoms with Gasteiger partial charge in [0.1, 0.15) is 0 Å². The summed E-state index contributed by atoms with van der Waals surface area (Å²) >= 11 is 0. The van der Waals surface area contributed by atoms with Gasteiger partial charge in [0.2, 0.25) is 0 Å². The Kier molecular flexibility index (Phi) is 7.40. The standard InChI is InChI=1S/C10H21N3O2/c1-4-7-8-15-9(11)12-10(14)13(5-2)6-3/h4-8H2,1-3H3,(H2,11,12,14). The molecule has 2 N–H and O–H groups in total. The molecule has 0 aromatic rings. The molecule has 0 saturated heterocycles. The van der Waals surface area contributed by atoms with Gasteiger partial charge in [-0.2, -0.15) is 0 Å². The van der Waals surface area contributed by atoms with Crippen molar-refractivity contribution in [1.29, 1.82) is 5.41 Å². The lowest BCUT2D eigenvalue weighted by atomic mass is 10.4. The number of urea groups is 1. The average Bonchev–Trinajstić information content (AvgIpc) is 2.20. The number of hydrogen-bond donors (Lipinski definition) is 2. The smallest absolute Gasteiger partial charge is 0.325 e. The molecule has 0 saturated carbocycles. The van der Waals surface area contributed by atoms with Crippen LogP contribution in [0.25, 0.3) is 0 Å². The summed E-state index contributed by atoms with van der Waals surface area (Å²) in [6.45, 7) is 7.57. The average molecular weight is 215 g/mol. The summed E-state index contributed by atoms with van der Waals surface area (Å²) in [5, 5.41) is 9.75. The molecule has 0 spiro atoms. The number of nitrogens with one attached hydrogen (secondary N) is 2. The van der Waals surface area contributed by atoms with E-state index in [1.165, 1.54) is 0 Å². The highest BCUT2D eigenvalue weighted by atomic mass is 16.5. The fraction of sp³-hybridized carbons (Fsp3) is 0.800. The molecule has 5 nitrogen and oxygen atoms in total. The minimum atomic E-state index is -0.276. The first-order valence-electron chi connectivity index (χ1n) is 5.42. The first-order valence-corrected chi connectivity index (χ1v) is 5.42. The van der Waals surface area contributed by atoms with Gasteiger partial charge in [0.25, 0.3) is 6.02 Å². The number of hydrogen-bond acceptors (Lipinski definition) is 3. The molecule has 0 heterocycles. The highest BCUT2D eigenvalue weighted by molar-refractivity contribution is 5.91. The van der Waals surface area contributed by atoms with Crippen LogP contribution in [0.2, 0.25) is 0 Å². The SMILES string of the molecule is CCCCOC(=N)NC(=O)N(CC)CC. The third kappa shape index (κ3) is 5.93. The van der Waals surface area contributed by atoms with Crippen LogP contribution in [-0.4, -0.2) is 36.6 Å². The van der Waals surface area contributed by atoms with Gasteiger partial charge in [-0.25, -0.2) is 4.79 Å². The molecule has 0 bridgehead atoms. The molecular formula is C10H21N3O2. The lowest BCUT2D eigenvalue weighted by molar-refractivity contribution is 0.202. The van der Waals surface area contributed by atoms with E-state index >= 15 is 0 Å². The van der Waals surface area contributed by atoms with Gasteiger partial charge in [-0.15, -0.1) is 0 Å². The minimum Gasteiger partial charge on any atom is -0.465 e. The highest BCUT2D eigenvalue weighted by Crippen LogP contribution is 1.90. The summed E-state index contributed by atoms with van der Waals surface area (Å²) in [5.41, 5.74) is 0. The van der Waals surface area contributed by atoms with E-state index in [0.717, 1.165) is 12.8 Å². The molecule has 0 aliphatic carbocycles. The van der Waals surface area contributed by atoms with Crippen molar-refractivity contribution in [3.63, 3.8) is 0 Å².